The Morgan fingerprint density at radius 1 is 1.07 bits per heavy atom. The number of thioether (sulfide) groups is 1. The molecule has 0 atom stereocenters. The highest BCUT2D eigenvalue weighted by molar-refractivity contribution is 9.10. The van der Waals surface area contributed by atoms with Gasteiger partial charge in [0, 0.05) is 32.9 Å². The first kappa shape index (κ1) is 19.6. The Balaban J connectivity index is 1.52. The molecule has 0 bridgehead atoms. The zero-order chi connectivity index (χ0) is 19.2. The highest BCUT2D eigenvalue weighted by atomic mass is 79.9. The van der Waals surface area contributed by atoms with Gasteiger partial charge in [-0.15, -0.1) is 23.1 Å². The minimum absolute atomic E-state index is 0.109. The topological polar surface area (TPSA) is 71.1 Å². The van der Waals surface area contributed by atoms with Crippen molar-refractivity contribution in [2.24, 2.45) is 0 Å². The quantitative estimate of drug-likeness (QED) is 0.490. The van der Waals surface area contributed by atoms with Gasteiger partial charge in [0.1, 0.15) is 0 Å². The highest BCUT2D eigenvalue weighted by Gasteiger charge is 2.09. The van der Waals surface area contributed by atoms with Crippen LogP contribution < -0.4 is 10.6 Å². The van der Waals surface area contributed by atoms with E-state index in [0.717, 1.165) is 26.3 Å². The van der Waals surface area contributed by atoms with E-state index in [0.29, 0.717) is 5.13 Å². The van der Waals surface area contributed by atoms with Gasteiger partial charge in [-0.3, -0.25) is 9.59 Å². The number of rotatable bonds is 6. The number of halogens is 1. The fourth-order valence-corrected chi connectivity index (χ4v) is 3.93. The van der Waals surface area contributed by atoms with Crippen molar-refractivity contribution in [2.75, 3.05) is 16.4 Å². The molecular weight excluding hydrogens is 446 g/mol. The van der Waals surface area contributed by atoms with E-state index in [2.05, 4.69) is 31.5 Å². The predicted molar refractivity (Wildman–Crippen MR) is 115 cm³/mol. The van der Waals surface area contributed by atoms with Crippen LogP contribution in [-0.4, -0.2) is 22.6 Å². The number of carbonyl (C=O) groups is 2. The number of carbonyl (C=O) groups excluding carboxylic acids is 2. The molecule has 1 heterocycles. The third-order valence-electron chi connectivity index (χ3n) is 3.44. The monoisotopic (exact) mass is 461 g/mol. The maximum absolute atomic E-state index is 12.2. The Morgan fingerprint density at radius 2 is 1.78 bits per heavy atom. The lowest BCUT2D eigenvalue weighted by molar-refractivity contribution is -0.114. The van der Waals surface area contributed by atoms with Gasteiger partial charge in [0.25, 0.3) is 0 Å². The fraction of sp³-hybridized carbons (Fsp3) is 0.105. The number of amides is 2. The normalized spacial score (nSPS) is 10.4. The number of nitrogens with one attached hydrogen (secondary N) is 2. The average molecular weight is 462 g/mol. The van der Waals surface area contributed by atoms with Crippen LogP contribution in [0.1, 0.15) is 6.92 Å². The van der Waals surface area contributed by atoms with Gasteiger partial charge in [0.05, 0.1) is 11.4 Å². The Kier molecular flexibility index (Phi) is 6.65. The first-order valence-corrected chi connectivity index (χ1v) is 10.7. The molecule has 3 aromatic rings. The van der Waals surface area contributed by atoms with Gasteiger partial charge >= 0.3 is 0 Å². The number of thiazole rings is 1. The smallest absolute Gasteiger partial charge is 0.236 e. The Hall–Kier alpha value is -2.16. The summed E-state index contributed by atoms with van der Waals surface area (Å²) in [5.74, 6) is 0.0653. The third kappa shape index (κ3) is 5.92. The van der Waals surface area contributed by atoms with Crippen LogP contribution in [0.3, 0.4) is 0 Å². The highest BCUT2D eigenvalue weighted by Crippen LogP contribution is 2.26. The zero-order valence-electron chi connectivity index (χ0n) is 14.4. The summed E-state index contributed by atoms with van der Waals surface area (Å²) in [6.45, 7) is 1.47. The van der Waals surface area contributed by atoms with Crippen LogP contribution in [0.2, 0.25) is 0 Å². The molecule has 8 heteroatoms. The minimum Gasteiger partial charge on any atom is -0.326 e. The molecule has 3 rings (SSSR count). The van der Waals surface area contributed by atoms with Crippen molar-refractivity contribution in [2.45, 2.75) is 11.8 Å². The number of nitrogens with zero attached hydrogens (tertiary/aromatic N) is 1. The van der Waals surface area contributed by atoms with Crippen LogP contribution in [0.4, 0.5) is 10.8 Å². The second kappa shape index (κ2) is 9.16. The molecule has 0 unspecified atom stereocenters. The molecule has 0 saturated heterocycles. The average Bonchev–Trinajstić information content (AvgIpc) is 3.09. The minimum atomic E-state index is -0.110. The molecule has 2 aromatic carbocycles. The number of hydrogen-bond donors (Lipinski definition) is 2. The summed E-state index contributed by atoms with van der Waals surface area (Å²) in [4.78, 5) is 28.6. The van der Waals surface area contributed by atoms with Crippen LogP contribution in [-0.2, 0) is 9.59 Å². The molecule has 0 spiro atoms. The standard InChI is InChI=1S/C19H16BrN3O2S2/c1-12(24)21-15-6-8-16(9-7-15)26-11-18(25)23-19-22-17(10-27-19)13-2-4-14(20)5-3-13/h2-10H,11H2,1H3,(H,21,24)(H,22,23,25). The predicted octanol–water partition coefficient (Wildman–Crippen LogP) is 5.26. The van der Waals surface area contributed by atoms with Crippen LogP contribution in [0.25, 0.3) is 11.3 Å². The summed E-state index contributed by atoms with van der Waals surface area (Å²) < 4.78 is 1.01. The fourth-order valence-electron chi connectivity index (χ4n) is 2.23. The van der Waals surface area contributed by atoms with Gasteiger partial charge in [-0.1, -0.05) is 28.1 Å². The van der Waals surface area contributed by atoms with Crippen molar-refractivity contribution < 1.29 is 9.59 Å². The molecule has 0 aliphatic carbocycles. The van der Waals surface area contributed by atoms with Crippen molar-refractivity contribution in [3.63, 3.8) is 0 Å². The first-order chi connectivity index (χ1) is 13.0. The summed E-state index contributed by atoms with van der Waals surface area (Å²) in [5.41, 5.74) is 2.58. The van der Waals surface area contributed by atoms with Gasteiger partial charge in [-0.25, -0.2) is 4.98 Å². The maximum Gasteiger partial charge on any atom is 0.236 e. The molecule has 0 fully saturated rings. The van der Waals surface area contributed by atoms with Gasteiger partial charge < -0.3 is 10.6 Å². The van der Waals surface area contributed by atoms with Gasteiger partial charge in [0.2, 0.25) is 11.8 Å². The summed E-state index contributed by atoms with van der Waals surface area (Å²) in [5, 5.41) is 8.05. The van der Waals surface area contributed by atoms with Gasteiger partial charge in [-0.2, -0.15) is 0 Å². The summed E-state index contributed by atoms with van der Waals surface area (Å²) in [7, 11) is 0. The molecule has 27 heavy (non-hydrogen) atoms. The van der Waals surface area contributed by atoms with Crippen molar-refractivity contribution in [3.05, 3.63) is 58.4 Å². The molecule has 1 aromatic heterocycles. The first-order valence-electron chi connectivity index (χ1n) is 8.01. The summed E-state index contributed by atoms with van der Waals surface area (Å²) in [6.07, 6.45) is 0. The largest absolute Gasteiger partial charge is 0.326 e. The molecule has 138 valence electrons. The van der Waals surface area contributed by atoms with E-state index in [4.69, 9.17) is 0 Å². The lowest BCUT2D eigenvalue weighted by Gasteiger charge is -2.05. The van der Waals surface area contributed by atoms with Crippen molar-refractivity contribution in [1.82, 2.24) is 4.98 Å². The lowest BCUT2D eigenvalue weighted by Crippen LogP contribution is -2.13. The zero-order valence-corrected chi connectivity index (χ0v) is 17.6. The maximum atomic E-state index is 12.2. The van der Waals surface area contributed by atoms with E-state index in [-0.39, 0.29) is 17.6 Å². The number of hydrogen-bond acceptors (Lipinski definition) is 5. The van der Waals surface area contributed by atoms with E-state index in [1.165, 1.54) is 30.0 Å². The van der Waals surface area contributed by atoms with E-state index in [9.17, 15) is 9.59 Å². The molecule has 0 aliphatic heterocycles. The Bertz CT molecular complexity index is 940. The van der Waals surface area contributed by atoms with E-state index in [1.807, 2.05) is 53.9 Å². The number of aromatic nitrogens is 1. The van der Waals surface area contributed by atoms with Crippen LogP contribution >= 0.6 is 39.0 Å². The van der Waals surface area contributed by atoms with Crippen molar-refractivity contribution in [1.29, 1.82) is 0 Å². The summed E-state index contributed by atoms with van der Waals surface area (Å²) >= 11 is 6.24. The number of benzene rings is 2. The van der Waals surface area contributed by atoms with E-state index in [1.54, 1.807) is 0 Å². The third-order valence-corrected chi connectivity index (χ3v) is 5.73. The van der Waals surface area contributed by atoms with Crippen molar-refractivity contribution >= 4 is 61.7 Å². The van der Waals surface area contributed by atoms with Crippen LogP contribution in [0.5, 0.6) is 0 Å². The van der Waals surface area contributed by atoms with Gasteiger partial charge in [0.15, 0.2) is 5.13 Å². The van der Waals surface area contributed by atoms with Crippen LogP contribution in [0.15, 0.2) is 63.3 Å². The van der Waals surface area contributed by atoms with E-state index >= 15 is 0 Å². The Morgan fingerprint density at radius 3 is 2.44 bits per heavy atom. The van der Waals surface area contributed by atoms with Crippen LogP contribution in [0, 0.1) is 0 Å². The molecular formula is C19H16BrN3O2S2. The van der Waals surface area contributed by atoms with E-state index < -0.39 is 0 Å². The molecule has 2 amide bonds. The number of anilines is 2. The van der Waals surface area contributed by atoms with Crippen molar-refractivity contribution in [3.8, 4) is 11.3 Å². The second-order valence-corrected chi connectivity index (χ2v) is 8.41. The molecule has 0 aliphatic rings. The lowest BCUT2D eigenvalue weighted by atomic mass is 10.2. The van der Waals surface area contributed by atoms with Gasteiger partial charge in [-0.05, 0) is 36.4 Å². The SMILES string of the molecule is CC(=O)Nc1ccc(SCC(=O)Nc2nc(-c3ccc(Br)cc3)cs2)cc1. The Labute approximate surface area is 173 Å². The molecule has 0 radical (unpaired) electrons. The summed E-state index contributed by atoms with van der Waals surface area (Å²) in [6, 6.07) is 15.2. The molecule has 0 saturated carbocycles. The molecule has 5 nitrogen and oxygen atoms in total. The molecule has 2 N–H and O–H groups in total. The second-order valence-electron chi connectivity index (χ2n) is 5.59.